The second kappa shape index (κ2) is 7.89. The number of amides is 1. The van der Waals surface area contributed by atoms with Crippen LogP contribution >= 0.6 is 0 Å². The first kappa shape index (κ1) is 20.3. The van der Waals surface area contributed by atoms with Crippen LogP contribution in [-0.4, -0.2) is 79.5 Å². The minimum absolute atomic E-state index is 0.0885. The predicted octanol–water partition coefficient (Wildman–Crippen LogP) is 1.50. The summed E-state index contributed by atoms with van der Waals surface area (Å²) in [6, 6.07) is 8.11. The smallest absolute Gasteiger partial charge is 0.227 e. The molecule has 0 N–H and O–H groups in total. The van der Waals surface area contributed by atoms with Crippen LogP contribution in [-0.2, 0) is 21.2 Å². The SMILES string of the molecule is CC[C@@]1(N2CCN(C(=O)Cc3cccc(C)c3)CC2)CCN(S(C)(=O)=O)C1. The summed E-state index contributed by atoms with van der Waals surface area (Å²) in [4.78, 5) is 17.0. The molecule has 27 heavy (non-hydrogen) atoms. The Kier molecular flexibility index (Phi) is 5.93. The molecule has 2 aliphatic heterocycles. The van der Waals surface area contributed by atoms with Gasteiger partial charge in [-0.05, 0) is 25.3 Å². The van der Waals surface area contributed by atoms with Gasteiger partial charge in [0.15, 0.2) is 0 Å². The van der Waals surface area contributed by atoms with Gasteiger partial charge < -0.3 is 4.90 Å². The fraction of sp³-hybridized carbons (Fsp3) is 0.650. The van der Waals surface area contributed by atoms with E-state index in [1.807, 2.05) is 30.0 Å². The van der Waals surface area contributed by atoms with Crippen LogP contribution in [0.4, 0.5) is 0 Å². The van der Waals surface area contributed by atoms with Crippen LogP contribution in [0, 0.1) is 6.92 Å². The molecule has 2 fully saturated rings. The Hall–Kier alpha value is -1.44. The van der Waals surface area contributed by atoms with E-state index >= 15 is 0 Å². The van der Waals surface area contributed by atoms with Crippen LogP contribution in [0.25, 0.3) is 0 Å². The van der Waals surface area contributed by atoms with Gasteiger partial charge in [0.25, 0.3) is 0 Å². The van der Waals surface area contributed by atoms with Gasteiger partial charge >= 0.3 is 0 Å². The van der Waals surface area contributed by atoms with E-state index in [-0.39, 0.29) is 11.4 Å². The highest BCUT2D eigenvalue weighted by atomic mass is 32.2. The zero-order valence-corrected chi connectivity index (χ0v) is 17.5. The molecule has 2 heterocycles. The first-order valence-electron chi connectivity index (χ1n) is 9.77. The average molecular weight is 394 g/mol. The summed E-state index contributed by atoms with van der Waals surface area (Å²) in [7, 11) is -3.14. The summed E-state index contributed by atoms with van der Waals surface area (Å²) in [5, 5.41) is 0. The van der Waals surface area contributed by atoms with Crippen LogP contribution in [0.5, 0.6) is 0 Å². The second-order valence-corrected chi connectivity index (χ2v) is 9.94. The van der Waals surface area contributed by atoms with Gasteiger partial charge in [0.1, 0.15) is 0 Å². The van der Waals surface area contributed by atoms with Crippen molar-refractivity contribution in [3.05, 3.63) is 35.4 Å². The summed E-state index contributed by atoms with van der Waals surface area (Å²) < 4.78 is 25.4. The number of piperazine rings is 1. The Morgan fingerprint density at radius 1 is 1.15 bits per heavy atom. The lowest BCUT2D eigenvalue weighted by atomic mass is 9.92. The number of nitrogens with zero attached hydrogens (tertiary/aromatic N) is 3. The number of benzene rings is 1. The second-order valence-electron chi connectivity index (χ2n) is 7.96. The van der Waals surface area contributed by atoms with Gasteiger partial charge in [-0.25, -0.2) is 12.7 Å². The quantitative estimate of drug-likeness (QED) is 0.761. The fourth-order valence-corrected chi connectivity index (χ4v) is 5.31. The summed E-state index contributed by atoms with van der Waals surface area (Å²) in [6.07, 6.45) is 3.53. The number of sulfonamides is 1. The standard InChI is InChI=1S/C20H31N3O3S/c1-4-20(8-9-23(16-20)27(3,25)26)22-12-10-21(11-13-22)19(24)15-18-7-5-6-17(2)14-18/h5-7,14H,4,8-13,15-16H2,1-3H3/t20-/m1/s1. The van der Waals surface area contributed by atoms with Crippen LogP contribution in [0.15, 0.2) is 24.3 Å². The molecule has 0 bridgehead atoms. The lowest BCUT2D eigenvalue weighted by Crippen LogP contribution is -2.59. The molecule has 6 nitrogen and oxygen atoms in total. The normalized spacial score (nSPS) is 25.1. The number of hydrogen-bond acceptors (Lipinski definition) is 4. The van der Waals surface area contributed by atoms with Crippen LogP contribution in [0.1, 0.15) is 30.9 Å². The van der Waals surface area contributed by atoms with E-state index in [9.17, 15) is 13.2 Å². The first-order chi connectivity index (χ1) is 12.7. The summed E-state index contributed by atoms with van der Waals surface area (Å²) in [6.45, 7) is 8.39. The van der Waals surface area contributed by atoms with E-state index < -0.39 is 10.0 Å². The van der Waals surface area contributed by atoms with Gasteiger partial charge in [-0.1, -0.05) is 36.8 Å². The molecule has 0 aromatic heterocycles. The molecule has 150 valence electrons. The van der Waals surface area contributed by atoms with E-state index in [1.165, 1.54) is 11.8 Å². The number of aryl methyl sites for hydroxylation is 1. The van der Waals surface area contributed by atoms with Crippen molar-refractivity contribution < 1.29 is 13.2 Å². The topological polar surface area (TPSA) is 60.9 Å². The average Bonchev–Trinajstić information content (AvgIpc) is 3.08. The van der Waals surface area contributed by atoms with Gasteiger partial charge in [-0.15, -0.1) is 0 Å². The number of rotatable bonds is 5. The fourth-order valence-electron chi connectivity index (χ4n) is 4.41. The van der Waals surface area contributed by atoms with E-state index in [2.05, 4.69) is 17.9 Å². The van der Waals surface area contributed by atoms with Gasteiger partial charge in [-0.3, -0.25) is 9.69 Å². The predicted molar refractivity (Wildman–Crippen MR) is 107 cm³/mol. The Morgan fingerprint density at radius 3 is 2.41 bits per heavy atom. The van der Waals surface area contributed by atoms with Crippen LogP contribution in [0.3, 0.4) is 0 Å². The van der Waals surface area contributed by atoms with Crippen molar-refractivity contribution >= 4 is 15.9 Å². The van der Waals surface area contributed by atoms with Crippen molar-refractivity contribution in [3.8, 4) is 0 Å². The number of carbonyl (C=O) groups excluding carboxylic acids is 1. The summed E-state index contributed by atoms with van der Waals surface area (Å²) in [5.74, 6) is 0.176. The Balaban J connectivity index is 1.58. The first-order valence-corrected chi connectivity index (χ1v) is 11.6. The van der Waals surface area contributed by atoms with Crippen molar-refractivity contribution in [1.82, 2.24) is 14.1 Å². The molecule has 1 aromatic carbocycles. The van der Waals surface area contributed by atoms with Gasteiger partial charge in [0.2, 0.25) is 15.9 Å². The molecule has 2 saturated heterocycles. The van der Waals surface area contributed by atoms with E-state index in [1.54, 1.807) is 4.31 Å². The van der Waals surface area contributed by atoms with Gasteiger partial charge in [0, 0.05) is 44.8 Å². The van der Waals surface area contributed by atoms with E-state index in [0.29, 0.717) is 32.6 Å². The lowest BCUT2D eigenvalue weighted by Gasteiger charge is -2.45. The minimum atomic E-state index is -3.14. The molecule has 1 amide bonds. The maximum atomic E-state index is 12.7. The molecule has 0 saturated carbocycles. The van der Waals surface area contributed by atoms with E-state index in [0.717, 1.165) is 31.5 Å². The van der Waals surface area contributed by atoms with Crippen molar-refractivity contribution in [2.24, 2.45) is 0 Å². The van der Waals surface area contributed by atoms with Gasteiger partial charge in [-0.2, -0.15) is 0 Å². The molecule has 3 rings (SSSR count). The summed E-state index contributed by atoms with van der Waals surface area (Å²) >= 11 is 0. The largest absolute Gasteiger partial charge is 0.340 e. The molecule has 1 aromatic rings. The molecule has 0 aliphatic carbocycles. The summed E-state index contributed by atoms with van der Waals surface area (Å²) in [5.41, 5.74) is 2.15. The maximum absolute atomic E-state index is 12.7. The Labute approximate surface area is 163 Å². The third-order valence-electron chi connectivity index (χ3n) is 6.17. The monoisotopic (exact) mass is 393 g/mol. The van der Waals surface area contributed by atoms with Crippen LogP contribution < -0.4 is 0 Å². The minimum Gasteiger partial charge on any atom is -0.340 e. The van der Waals surface area contributed by atoms with Crippen molar-refractivity contribution in [1.29, 1.82) is 0 Å². The number of hydrogen-bond donors (Lipinski definition) is 0. The highest BCUT2D eigenvalue weighted by molar-refractivity contribution is 7.88. The zero-order valence-electron chi connectivity index (χ0n) is 16.6. The van der Waals surface area contributed by atoms with E-state index in [4.69, 9.17) is 0 Å². The molecule has 0 unspecified atom stereocenters. The highest BCUT2D eigenvalue weighted by Gasteiger charge is 2.45. The molecule has 0 radical (unpaired) electrons. The van der Waals surface area contributed by atoms with Crippen molar-refractivity contribution in [3.63, 3.8) is 0 Å². The van der Waals surface area contributed by atoms with Crippen molar-refractivity contribution in [2.45, 2.75) is 38.6 Å². The maximum Gasteiger partial charge on any atom is 0.227 e. The lowest BCUT2D eigenvalue weighted by molar-refractivity contribution is -0.133. The molecule has 7 heteroatoms. The van der Waals surface area contributed by atoms with Crippen LogP contribution in [0.2, 0.25) is 0 Å². The zero-order chi connectivity index (χ0) is 19.7. The Morgan fingerprint density at radius 2 is 1.85 bits per heavy atom. The Bertz CT molecular complexity index is 787. The molecular formula is C20H31N3O3S. The molecule has 0 spiro atoms. The third kappa shape index (κ3) is 4.52. The number of carbonyl (C=O) groups is 1. The molecular weight excluding hydrogens is 362 g/mol. The third-order valence-corrected chi connectivity index (χ3v) is 7.42. The highest BCUT2D eigenvalue weighted by Crippen LogP contribution is 2.33. The van der Waals surface area contributed by atoms with Crippen molar-refractivity contribution in [2.75, 3.05) is 45.5 Å². The molecule has 1 atom stereocenters. The molecule has 2 aliphatic rings. The van der Waals surface area contributed by atoms with Gasteiger partial charge in [0.05, 0.1) is 12.7 Å².